The molecule has 0 radical (unpaired) electrons. The Kier molecular flexibility index (Phi) is 33.5. The van der Waals surface area contributed by atoms with E-state index >= 15 is 0 Å². The van der Waals surface area contributed by atoms with Crippen molar-refractivity contribution in [3.05, 3.63) is 0 Å². The number of amides is 7. The second kappa shape index (κ2) is 35.8. The van der Waals surface area contributed by atoms with Crippen LogP contribution in [0.4, 0.5) is 0 Å². The molecule has 0 rings (SSSR count). The van der Waals surface area contributed by atoms with Crippen molar-refractivity contribution in [1.29, 1.82) is 0 Å². The minimum atomic E-state index is -0.120. The quantitative estimate of drug-likeness (QED) is 0.0382. The molecule has 8 N–H and O–H groups in total. The minimum absolute atomic E-state index is 0.00645. The van der Waals surface area contributed by atoms with Gasteiger partial charge in [0, 0.05) is 123 Å². The van der Waals surface area contributed by atoms with E-state index in [0.29, 0.717) is 143 Å². The lowest BCUT2D eigenvalue weighted by molar-refractivity contribution is -0.124. The lowest BCUT2D eigenvalue weighted by atomic mass is 10.2. The monoisotopic (exact) mass is 854 g/mol. The summed E-state index contributed by atoms with van der Waals surface area (Å²) in [6.45, 7) is 23.0. The zero-order chi connectivity index (χ0) is 45.1. The average Bonchev–Trinajstić information content (AvgIpc) is 3.19. The molecule has 18 nitrogen and oxygen atoms in total. The van der Waals surface area contributed by atoms with E-state index in [2.05, 4.69) is 42.5 Å². The lowest BCUT2D eigenvalue weighted by Gasteiger charge is -2.24. The highest BCUT2D eigenvalue weighted by atomic mass is 16.2. The SMILES string of the molecule is CCC(=O)NCCCN(CCCNC(=O)C(C)C)CC(=O)NCCCN(CCCNC(=O)CN(CCCNC(C)=O)CCCNC(=O)C(C)C)CC(=O)NCCNC(C)C. The van der Waals surface area contributed by atoms with Crippen molar-refractivity contribution in [2.75, 3.05) is 111 Å². The van der Waals surface area contributed by atoms with Gasteiger partial charge < -0.3 is 42.5 Å². The Morgan fingerprint density at radius 2 is 0.700 bits per heavy atom. The summed E-state index contributed by atoms with van der Waals surface area (Å²) >= 11 is 0. The summed E-state index contributed by atoms with van der Waals surface area (Å²) in [5.41, 5.74) is 0. The number of hydrogen-bond acceptors (Lipinski definition) is 11. The van der Waals surface area contributed by atoms with Gasteiger partial charge in [-0.1, -0.05) is 48.5 Å². The zero-order valence-corrected chi connectivity index (χ0v) is 38.4. The molecular weight excluding hydrogens is 771 g/mol. The fraction of sp³-hybridized carbons (Fsp3) is 0.833. The molecule has 0 aliphatic heterocycles. The van der Waals surface area contributed by atoms with Gasteiger partial charge in [0.2, 0.25) is 41.4 Å². The number of rotatable bonds is 37. The van der Waals surface area contributed by atoms with Crippen LogP contribution in [-0.2, 0) is 33.6 Å². The first-order valence-electron chi connectivity index (χ1n) is 22.3. The molecule has 0 aliphatic rings. The zero-order valence-electron chi connectivity index (χ0n) is 38.4. The summed E-state index contributed by atoms with van der Waals surface area (Å²) < 4.78 is 0. The van der Waals surface area contributed by atoms with Gasteiger partial charge in [0.1, 0.15) is 0 Å². The van der Waals surface area contributed by atoms with Crippen molar-refractivity contribution in [1.82, 2.24) is 57.2 Å². The van der Waals surface area contributed by atoms with Gasteiger partial charge in [-0.3, -0.25) is 48.3 Å². The third-order valence-corrected chi connectivity index (χ3v) is 9.32. The Bertz CT molecular complexity index is 1240. The van der Waals surface area contributed by atoms with Gasteiger partial charge in [0.15, 0.2) is 0 Å². The highest BCUT2D eigenvalue weighted by molar-refractivity contribution is 5.79. The summed E-state index contributed by atoms with van der Waals surface area (Å²) in [5, 5.41) is 23.8. The molecular formula is C42H83N11O7. The number of nitrogens with one attached hydrogen (secondary N) is 8. The standard InChI is InChI=1S/C42H83N11O7/c1-9-37(55)45-17-11-25-53(29-15-21-50-42(60)34(4)5)31-39(57)47-19-13-27-52(32-40(58)48-23-22-43-35(6)7)26-12-18-46-38(56)30-51(24-10-16-44-36(8)54)28-14-20-49-41(59)33(2)3/h33-35,43H,9-32H2,1-8H3,(H,44,54)(H,45,55)(H,46,56)(H,47,57)(H,48,58)(H,49,59)(H,50,60). The van der Waals surface area contributed by atoms with E-state index in [-0.39, 0.29) is 72.8 Å². The number of hydrogen-bond donors (Lipinski definition) is 8. The molecule has 60 heavy (non-hydrogen) atoms. The van der Waals surface area contributed by atoms with Crippen LogP contribution in [0, 0.1) is 11.8 Å². The van der Waals surface area contributed by atoms with Crippen molar-refractivity contribution in [3.8, 4) is 0 Å². The number of nitrogens with zero attached hydrogens (tertiary/aromatic N) is 3. The molecule has 0 aromatic rings. The van der Waals surface area contributed by atoms with Gasteiger partial charge in [0.05, 0.1) is 19.6 Å². The number of carbonyl (C=O) groups is 7. The molecule has 0 fully saturated rings. The summed E-state index contributed by atoms with van der Waals surface area (Å²) in [6, 6.07) is 0.315. The molecule has 0 aliphatic carbocycles. The number of carbonyl (C=O) groups excluding carboxylic acids is 7. The molecule has 0 bridgehead atoms. The lowest BCUT2D eigenvalue weighted by Crippen LogP contribution is -2.43. The maximum absolute atomic E-state index is 13.0. The van der Waals surface area contributed by atoms with Crippen LogP contribution in [0.3, 0.4) is 0 Å². The Morgan fingerprint density at radius 3 is 1.00 bits per heavy atom. The molecule has 0 saturated heterocycles. The van der Waals surface area contributed by atoms with E-state index in [0.717, 1.165) is 0 Å². The molecule has 18 heteroatoms. The highest BCUT2D eigenvalue weighted by Gasteiger charge is 2.15. The van der Waals surface area contributed by atoms with Crippen LogP contribution in [0.15, 0.2) is 0 Å². The van der Waals surface area contributed by atoms with Gasteiger partial charge in [-0.05, 0) is 38.5 Å². The molecule has 0 unspecified atom stereocenters. The molecule has 0 heterocycles. The van der Waals surface area contributed by atoms with Crippen LogP contribution >= 0.6 is 0 Å². The van der Waals surface area contributed by atoms with E-state index < -0.39 is 0 Å². The molecule has 0 aromatic heterocycles. The molecule has 348 valence electrons. The first-order chi connectivity index (χ1) is 28.5. The molecule has 0 saturated carbocycles. The Hall–Kier alpha value is -3.87. The van der Waals surface area contributed by atoms with Gasteiger partial charge >= 0.3 is 0 Å². The van der Waals surface area contributed by atoms with Gasteiger partial charge in [-0.25, -0.2) is 0 Å². The van der Waals surface area contributed by atoms with Crippen LogP contribution in [-0.4, -0.2) is 173 Å². The first kappa shape index (κ1) is 56.1. The van der Waals surface area contributed by atoms with E-state index in [1.54, 1.807) is 6.92 Å². The fourth-order valence-electron chi connectivity index (χ4n) is 5.87. The van der Waals surface area contributed by atoms with Gasteiger partial charge in [-0.15, -0.1) is 0 Å². The maximum Gasteiger partial charge on any atom is 0.234 e. The van der Waals surface area contributed by atoms with Gasteiger partial charge in [0.25, 0.3) is 0 Å². The van der Waals surface area contributed by atoms with E-state index in [1.807, 2.05) is 56.2 Å². The van der Waals surface area contributed by atoms with Crippen LogP contribution < -0.4 is 42.5 Å². The predicted octanol–water partition coefficient (Wildman–Crippen LogP) is -0.214. The van der Waals surface area contributed by atoms with Crippen LogP contribution in [0.1, 0.15) is 100 Å². The maximum atomic E-state index is 13.0. The van der Waals surface area contributed by atoms with E-state index in [9.17, 15) is 33.6 Å². The van der Waals surface area contributed by atoms with Crippen molar-refractivity contribution >= 4 is 41.4 Å². The summed E-state index contributed by atoms with van der Waals surface area (Å²) in [6.07, 6.45) is 4.42. The largest absolute Gasteiger partial charge is 0.356 e. The smallest absolute Gasteiger partial charge is 0.234 e. The summed E-state index contributed by atoms with van der Waals surface area (Å²) in [7, 11) is 0. The third-order valence-electron chi connectivity index (χ3n) is 9.32. The van der Waals surface area contributed by atoms with Crippen LogP contribution in [0.2, 0.25) is 0 Å². The topological polar surface area (TPSA) is 225 Å². The Morgan fingerprint density at radius 1 is 0.400 bits per heavy atom. The average molecular weight is 854 g/mol. The van der Waals surface area contributed by atoms with Crippen molar-refractivity contribution < 1.29 is 33.6 Å². The second-order valence-corrected chi connectivity index (χ2v) is 16.2. The second-order valence-electron chi connectivity index (χ2n) is 16.2. The first-order valence-corrected chi connectivity index (χ1v) is 22.3. The minimum Gasteiger partial charge on any atom is -0.356 e. The van der Waals surface area contributed by atoms with Crippen molar-refractivity contribution in [3.63, 3.8) is 0 Å². The fourth-order valence-corrected chi connectivity index (χ4v) is 5.87. The third kappa shape index (κ3) is 33.9. The van der Waals surface area contributed by atoms with Crippen LogP contribution in [0.25, 0.3) is 0 Å². The molecule has 7 amide bonds. The predicted molar refractivity (Wildman–Crippen MR) is 237 cm³/mol. The van der Waals surface area contributed by atoms with Crippen LogP contribution in [0.5, 0.6) is 0 Å². The molecule has 0 aromatic carbocycles. The Balaban J connectivity index is 5.16. The molecule has 0 atom stereocenters. The normalized spacial score (nSPS) is 11.4. The summed E-state index contributed by atoms with van der Waals surface area (Å²) in [4.78, 5) is 91.8. The molecule has 0 spiro atoms. The summed E-state index contributed by atoms with van der Waals surface area (Å²) in [5.74, 6) is -0.649. The van der Waals surface area contributed by atoms with E-state index in [1.165, 1.54) is 6.92 Å². The van der Waals surface area contributed by atoms with Gasteiger partial charge in [-0.2, -0.15) is 0 Å². The highest BCUT2D eigenvalue weighted by Crippen LogP contribution is 2.00. The van der Waals surface area contributed by atoms with E-state index in [4.69, 9.17) is 0 Å². The van der Waals surface area contributed by atoms with Crippen molar-refractivity contribution in [2.24, 2.45) is 11.8 Å². The Labute approximate surface area is 361 Å². The van der Waals surface area contributed by atoms with Crippen molar-refractivity contribution in [2.45, 2.75) is 106 Å².